The van der Waals surface area contributed by atoms with Crippen LogP contribution in [0.25, 0.3) is 0 Å². The minimum absolute atomic E-state index is 0.193. The van der Waals surface area contributed by atoms with Crippen molar-refractivity contribution in [1.29, 1.82) is 0 Å². The largest absolute Gasteiger partial charge is 0.444 e. The predicted molar refractivity (Wildman–Crippen MR) is 79.3 cm³/mol. The molecule has 5 heteroatoms. The molecule has 0 aromatic carbocycles. The number of amides is 1. The summed E-state index contributed by atoms with van der Waals surface area (Å²) in [5.41, 5.74) is 0.465. The fourth-order valence-electron chi connectivity index (χ4n) is 1.68. The van der Waals surface area contributed by atoms with Crippen LogP contribution in [0.15, 0.2) is 18.9 Å². The zero-order valence-corrected chi connectivity index (χ0v) is 13.1. The number of H-pyrrole nitrogens is 1. The number of ether oxygens (including phenoxy) is 1. The van der Waals surface area contributed by atoms with Crippen molar-refractivity contribution in [3.05, 3.63) is 30.4 Å². The van der Waals surface area contributed by atoms with Gasteiger partial charge >= 0.3 is 6.09 Å². The molecule has 0 fully saturated rings. The zero-order valence-electron chi connectivity index (χ0n) is 13.1. The quantitative estimate of drug-likeness (QED) is 0.841. The van der Waals surface area contributed by atoms with Crippen molar-refractivity contribution in [3.63, 3.8) is 0 Å². The van der Waals surface area contributed by atoms with E-state index >= 15 is 0 Å². The fraction of sp³-hybridized carbons (Fsp3) is 0.600. The molecular weight excluding hydrogens is 254 g/mol. The van der Waals surface area contributed by atoms with E-state index in [0.717, 1.165) is 11.5 Å². The number of aromatic nitrogens is 2. The summed E-state index contributed by atoms with van der Waals surface area (Å²) in [6, 6.07) is 0. The van der Waals surface area contributed by atoms with Crippen LogP contribution in [0.5, 0.6) is 0 Å². The van der Waals surface area contributed by atoms with Crippen LogP contribution in [0.3, 0.4) is 0 Å². The zero-order chi connectivity index (χ0) is 15.3. The van der Waals surface area contributed by atoms with Crippen molar-refractivity contribution in [2.75, 3.05) is 6.54 Å². The van der Waals surface area contributed by atoms with E-state index in [4.69, 9.17) is 4.74 Å². The highest BCUT2D eigenvalue weighted by Crippen LogP contribution is 2.13. The van der Waals surface area contributed by atoms with Crippen molar-refractivity contribution >= 4 is 6.09 Å². The Morgan fingerprint density at radius 2 is 2.25 bits per heavy atom. The fourth-order valence-corrected chi connectivity index (χ4v) is 1.68. The lowest BCUT2D eigenvalue weighted by atomic mass is 10.1. The van der Waals surface area contributed by atoms with Gasteiger partial charge in [-0.1, -0.05) is 13.0 Å². The number of hydrogen-bond donors (Lipinski definition) is 1. The van der Waals surface area contributed by atoms with E-state index in [1.54, 1.807) is 11.1 Å². The van der Waals surface area contributed by atoms with E-state index in [-0.39, 0.29) is 12.0 Å². The molecule has 0 radical (unpaired) electrons. The highest BCUT2D eigenvalue weighted by Gasteiger charge is 2.23. The van der Waals surface area contributed by atoms with Crippen LogP contribution in [0.1, 0.15) is 39.2 Å². The van der Waals surface area contributed by atoms with E-state index in [1.165, 1.54) is 0 Å². The second-order valence-corrected chi connectivity index (χ2v) is 6.09. The molecule has 5 nitrogen and oxygen atoms in total. The first-order valence-corrected chi connectivity index (χ1v) is 6.82. The van der Waals surface area contributed by atoms with E-state index < -0.39 is 5.60 Å². The summed E-state index contributed by atoms with van der Waals surface area (Å²) in [6.45, 7) is 14.2. The summed E-state index contributed by atoms with van der Waals surface area (Å²) < 4.78 is 5.44. The van der Waals surface area contributed by atoms with Crippen LogP contribution >= 0.6 is 0 Å². The van der Waals surface area contributed by atoms with E-state index in [9.17, 15) is 4.79 Å². The molecule has 1 amide bonds. The smallest absolute Gasteiger partial charge is 0.410 e. The van der Waals surface area contributed by atoms with Gasteiger partial charge in [0.1, 0.15) is 11.4 Å². The summed E-state index contributed by atoms with van der Waals surface area (Å²) in [5, 5.41) is 0. The summed E-state index contributed by atoms with van der Waals surface area (Å²) in [4.78, 5) is 21.3. The first-order valence-electron chi connectivity index (χ1n) is 6.82. The number of nitrogens with one attached hydrogen (secondary N) is 1. The molecule has 112 valence electrons. The number of carbonyl (C=O) groups is 1. The molecule has 0 aliphatic rings. The first kappa shape index (κ1) is 16.3. The maximum atomic E-state index is 12.2. The number of imidazole rings is 1. The Hall–Kier alpha value is -1.78. The van der Waals surface area contributed by atoms with E-state index in [1.807, 2.05) is 40.7 Å². The lowest BCUT2D eigenvalue weighted by Gasteiger charge is -2.28. The Kier molecular flexibility index (Phi) is 5.36. The lowest BCUT2D eigenvalue weighted by molar-refractivity contribution is 0.0213. The number of aromatic amines is 1. The van der Waals surface area contributed by atoms with Gasteiger partial charge in [0.25, 0.3) is 0 Å². The topological polar surface area (TPSA) is 58.2 Å². The molecule has 0 unspecified atom stereocenters. The monoisotopic (exact) mass is 279 g/mol. The van der Waals surface area contributed by atoms with Gasteiger partial charge in [-0.3, -0.25) is 0 Å². The third-order valence-electron chi connectivity index (χ3n) is 2.66. The van der Waals surface area contributed by atoms with Crippen molar-refractivity contribution in [2.45, 2.75) is 46.8 Å². The molecular formula is C15H25N3O2. The van der Waals surface area contributed by atoms with Crippen molar-refractivity contribution in [1.82, 2.24) is 14.9 Å². The summed E-state index contributed by atoms with van der Waals surface area (Å²) >= 11 is 0. The van der Waals surface area contributed by atoms with Gasteiger partial charge in [0, 0.05) is 18.4 Å². The third-order valence-corrected chi connectivity index (χ3v) is 2.66. The van der Waals surface area contributed by atoms with E-state index in [2.05, 4.69) is 16.5 Å². The molecule has 1 N–H and O–H groups in total. The minimum atomic E-state index is -0.508. The molecule has 1 heterocycles. The van der Waals surface area contributed by atoms with Gasteiger partial charge in [0.05, 0.1) is 6.54 Å². The van der Waals surface area contributed by atoms with Gasteiger partial charge < -0.3 is 14.6 Å². The SMILES string of the molecule is C=C[C@@H](C)CN(Cc1ncc(C)[nH]1)C(=O)OC(C)(C)C. The third kappa shape index (κ3) is 5.47. The standard InChI is InChI=1S/C15H25N3O2/c1-7-11(2)9-18(14(19)20-15(4,5)6)10-13-16-8-12(3)17-13/h7-8,11H,1,9-10H2,2-6H3,(H,16,17)/t11-/m1/s1. The second-order valence-electron chi connectivity index (χ2n) is 6.09. The molecule has 0 saturated carbocycles. The average molecular weight is 279 g/mol. The molecule has 1 aromatic heterocycles. The van der Waals surface area contributed by atoms with Gasteiger partial charge in [0.15, 0.2) is 0 Å². The number of aryl methyl sites for hydroxylation is 1. The van der Waals surface area contributed by atoms with Gasteiger partial charge in [-0.25, -0.2) is 9.78 Å². The number of nitrogens with zero attached hydrogens (tertiary/aromatic N) is 2. The maximum Gasteiger partial charge on any atom is 0.410 e. The highest BCUT2D eigenvalue weighted by molar-refractivity contribution is 5.68. The van der Waals surface area contributed by atoms with Crippen molar-refractivity contribution in [2.24, 2.45) is 5.92 Å². The Morgan fingerprint density at radius 1 is 1.60 bits per heavy atom. The maximum absolute atomic E-state index is 12.2. The average Bonchev–Trinajstić information content (AvgIpc) is 2.71. The van der Waals surface area contributed by atoms with Crippen molar-refractivity contribution in [3.8, 4) is 0 Å². The van der Waals surface area contributed by atoms with Crippen LogP contribution < -0.4 is 0 Å². The first-order chi connectivity index (χ1) is 9.21. The highest BCUT2D eigenvalue weighted by atomic mass is 16.6. The number of hydrogen-bond acceptors (Lipinski definition) is 3. The number of rotatable bonds is 5. The predicted octanol–water partition coefficient (Wildman–Crippen LogP) is 3.28. The molecule has 0 bridgehead atoms. The molecule has 0 aliphatic heterocycles. The lowest BCUT2D eigenvalue weighted by Crippen LogP contribution is -2.38. The Labute approximate surface area is 121 Å². The molecule has 0 spiro atoms. The van der Waals surface area contributed by atoms with E-state index in [0.29, 0.717) is 13.1 Å². The normalized spacial score (nSPS) is 12.8. The van der Waals surface area contributed by atoms with Crippen LogP contribution in [0.2, 0.25) is 0 Å². The van der Waals surface area contributed by atoms with Gasteiger partial charge in [-0.05, 0) is 33.6 Å². The molecule has 20 heavy (non-hydrogen) atoms. The van der Waals surface area contributed by atoms with Crippen LogP contribution in [0.4, 0.5) is 4.79 Å². The van der Waals surface area contributed by atoms with Crippen LogP contribution in [0, 0.1) is 12.8 Å². The van der Waals surface area contributed by atoms with Gasteiger partial charge in [0.2, 0.25) is 0 Å². The molecule has 0 aliphatic carbocycles. The minimum Gasteiger partial charge on any atom is -0.444 e. The summed E-state index contributed by atoms with van der Waals surface area (Å²) in [5.74, 6) is 0.947. The Balaban J connectivity index is 2.78. The second kappa shape index (κ2) is 6.59. The van der Waals surface area contributed by atoms with Crippen molar-refractivity contribution < 1.29 is 9.53 Å². The van der Waals surface area contributed by atoms with Gasteiger partial charge in [-0.15, -0.1) is 6.58 Å². The Morgan fingerprint density at radius 3 is 2.70 bits per heavy atom. The molecule has 1 rings (SSSR count). The van der Waals surface area contributed by atoms with Crippen LogP contribution in [-0.4, -0.2) is 33.1 Å². The number of carbonyl (C=O) groups excluding carboxylic acids is 1. The van der Waals surface area contributed by atoms with Gasteiger partial charge in [-0.2, -0.15) is 0 Å². The molecule has 1 atom stereocenters. The molecule has 1 aromatic rings. The summed E-state index contributed by atoms with van der Waals surface area (Å²) in [6.07, 6.45) is 3.24. The van der Waals surface area contributed by atoms with Crippen LogP contribution in [-0.2, 0) is 11.3 Å². The summed E-state index contributed by atoms with van der Waals surface area (Å²) in [7, 11) is 0. The molecule has 0 saturated heterocycles. The Bertz CT molecular complexity index is 460.